The number of hydrogen-bond donors (Lipinski definition) is 1. The Hall–Kier alpha value is -0.610. The summed E-state index contributed by atoms with van der Waals surface area (Å²) < 4.78 is 0. The van der Waals surface area contributed by atoms with Crippen LogP contribution in [0.2, 0.25) is 0 Å². The highest BCUT2D eigenvalue weighted by Gasteiger charge is 2.28. The Balaban J connectivity index is 2.56. The third-order valence-corrected chi connectivity index (χ3v) is 3.79. The molecule has 0 aromatic heterocycles. The number of likely N-dealkylation sites (tertiary alicyclic amines) is 1. The first-order chi connectivity index (χ1) is 8.13. The number of amides is 1. The van der Waals surface area contributed by atoms with E-state index in [1.54, 1.807) is 0 Å². The lowest BCUT2D eigenvalue weighted by molar-refractivity contribution is -0.136. The predicted molar refractivity (Wildman–Crippen MR) is 68.8 cm³/mol. The number of carbonyl (C=O) groups is 1. The Bertz CT molecular complexity index is 242. The number of piperidine rings is 1. The molecule has 1 amide bonds. The Kier molecular flexibility index (Phi) is 5.92. The monoisotopic (exact) mass is 242 g/mol. The molecule has 1 saturated heterocycles. The zero-order valence-electron chi connectivity index (χ0n) is 11.4. The zero-order chi connectivity index (χ0) is 12.8. The molecule has 0 bridgehead atoms. The van der Waals surface area contributed by atoms with Crippen LogP contribution < -0.4 is 0 Å². The second-order valence-corrected chi connectivity index (χ2v) is 4.87. The topological polar surface area (TPSA) is 43.8 Å². The van der Waals surface area contributed by atoms with Gasteiger partial charge in [-0.3, -0.25) is 9.69 Å². The lowest BCUT2D eigenvalue weighted by atomic mass is 9.97. The Morgan fingerprint density at radius 1 is 1.47 bits per heavy atom. The predicted octanol–water partition coefficient (Wildman–Crippen LogP) is 0.948. The number of nitrogens with zero attached hydrogens (tertiary/aromatic N) is 2. The summed E-state index contributed by atoms with van der Waals surface area (Å²) >= 11 is 0. The first-order valence-corrected chi connectivity index (χ1v) is 6.77. The molecule has 17 heavy (non-hydrogen) atoms. The van der Waals surface area contributed by atoms with Crippen molar-refractivity contribution >= 4 is 5.91 Å². The van der Waals surface area contributed by atoms with Crippen molar-refractivity contribution in [1.29, 1.82) is 0 Å². The van der Waals surface area contributed by atoms with Gasteiger partial charge in [0, 0.05) is 26.2 Å². The fourth-order valence-corrected chi connectivity index (χ4v) is 2.55. The van der Waals surface area contributed by atoms with E-state index in [9.17, 15) is 9.90 Å². The molecule has 1 aliphatic rings. The van der Waals surface area contributed by atoms with Gasteiger partial charge in [-0.05, 0) is 46.1 Å². The average Bonchev–Trinajstić information content (AvgIpc) is 2.39. The van der Waals surface area contributed by atoms with Crippen LogP contribution in [0.5, 0.6) is 0 Å². The standard InChI is InChI=1S/C13H26N2O2/c1-4-14(5-2)13(17)11(3)15-8-6-7-12(9-15)10-16/h11-12,16H,4-10H2,1-3H3. The van der Waals surface area contributed by atoms with E-state index in [0.29, 0.717) is 5.92 Å². The lowest BCUT2D eigenvalue weighted by Gasteiger charge is -2.37. The molecule has 4 heteroatoms. The number of likely N-dealkylation sites (N-methyl/N-ethyl adjacent to an activating group) is 1. The van der Waals surface area contributed by atoms with Gasteiger partial charge in [-0.15, -0.1) is 0 Å². The van der Waals surface area contributed by atoms with E-state index in [2.05, 4.69) is 4.90 Å². The highest BCUT2D eigenvalue weighted by Crippen LogP contribution is 2.18. The third-order valence-electron chi connectivity index (χ3n) is 3.79. The van der Waals surface area contributed by atoms with Crippen molar-refractivity contribution in [3.05, 3.63) is 0 Å². The van der Waals surface area contributed by atoms with Crippen molar-refractivity contribution in [2.75, 3.05) is 32.8 Å². The number of carbonyl (C=O) groups excluding carboxylic acids is 1. The van der Waals surface area contributed by atoms with Crippen LogP contribution in [0.25, 0.3) is 0 Å². The summed E-state index contributed by atoms with van der Waals surface area (Å²) in [5.41, 5.74) is 0. The molecule has 1 heterocycles. The molecule has 0 aromatic carbocycles. The van der Waals surface area contributed by atoms with Gasteiger partial charge >= 0.3 is 0 Å². The summed E-state index contributed by atoms with van der Waals surface area (Å²) in [6.07, 6.45) is 2.17. The van der Waals surface area contributed by atoms with E-state index in [4.69, 9.17) is 0 Å². The van der Waals surface area contributed by atoms with Crippen molar-refractivity contribution in [2.24, 2.45) is 5.92 Å². The van der Waals surface area contributed by atoms with Gasteiger partial charge in [0.1, 0.15) is 0 Å². The van der Waals surface area contributed by atoms with Crippen LogP contribution in [-0.4, -0.2) is 59.6 Å². The summed E-state index contributed by atoms with van der Waals surface area (Å²) in [6, 6.07) is -0.0516. The quantitative estimate of drug-likeness (QED) is 0.780. The summed E-state index contributed by atoms with van der Waals surface area (Å²) in [7, 11) is 0. The molecular weight excluding hydrogens is 216 g/mol. The number of rotatable bonds is 5. The fraction of sp³-hybridized carbons (Fsp3) is 0.923. The molecule has 100 valence electrons. The first-order valence-electron chi connectivity index (χ1n) is 6.77. The van der Waals surface area contributed by atoms with E-state index < -0.39 is 0 Å². The Morgan fingerprint density at radius 3 is 2.65 bits per heavy atom. The highest BCUT2D eigenvalue weighted by atomic mass is 16.3. The maximum Gasteiger partial charge on any atom is 0.239 e. The molecule has 4 nitrogen and oxygen atoms in total. The number of aliphatic hydroxyl groups excluding tert-OH is 1. The lowest BCUT2D eigenvalue weighted by Crippen LogP contribution is -2.50. The van der Waals surface area contributed by atoms with Crippen molar-refractivity contribution in [3.63, 3.8) is 0 Å². The van der Waals surface area contributed by atoms with Crippen LogP contribution in [0.15, 0.2) is 0 Å². The summed E-state index contributed by atoms with van der Waals surface area (Å²) in [5.74, 6) is 0.560. The molecule has 0 aromatic rings. The van der Waals surface area contributed by atoms with Gasteiger partial charge in [-0.25, -0.2) is 0 Å². The molecule has 1 fully saturated rings. The van der Waals surface area contributed by atoms with Crippen molar-refractivity contribution < 1.29 is 9.90 Å². The summed E-state index contributed by atoms with van der Waals surface area (Å²) in [5, 5.41) is 9.21. The smallest absolute Gasteiger partial charge is 0.239 e. The first kappa shape index (κ1) is 14.5. The highest BCUT2D eigenvalue weighted by molar-refractivity contribution is 5.81. The fourth-order valence-electron chi connectivity index (χ4n) is 2.55. The van der Waals surface area contributed by atoms with Gasteiger partial charge in [0.2, 0.25) is 5.91 Å². The molecule has 1 aliphatic heterocycles. The van der Waals surface area contributed by atoms with E-state index in [0.717, 1.165) is 39.0 Å². The molecule has 1 rings (SSSR count). The summed E-state index contributed by atoms with van der Waals surface area (Å²) in [4.78, 5) is 16.3. The molecule has 1 N–H and O–H groups in total. The van der Waals surface area contributed by atoms with E-state index in [1.807, 2.05) is 25.7 Å². The van der Waals surface area contributed by atoms with E-state index in [-0.39, 0.29) is 18.6 Å². The molecule has 2 atom stereocenters. The maximum absolute atomic E-state index is 12.2. The zero-order valence-corrected chi connectivity index (χ0v) is 11.4. The maximum atomic E-state index is 12.2. The van der Waals surface area contributed by atoms with E-state index in [1.165, 1.54) is 0 Å². The third kappa shape index (κ3) is 3.68. The van der Waals surface area contributed by atoms with Crippen molar-refractivity contribution in [2.45, 2.75) is 39.7 Å². The van der Waals surface area contributed by atoms with Gasteiger partial charge < -0.3 is 10.0 Å². The van der Waals surface area contributed by atoms with Crippen LogP contribution >= 0.6 is 0 Å². The second-order valence-electron chi connectivity index (χ2n) is 4.87. The normalized spacial score (nSPS) is 23.4. The number of aliphatic hydroxyl groups is 1. The Morgan fingerprint density at radius 2 is 2.12 bits per heavy atom. The van der Waals surface area contributed by atoms with Crippen LogP contribution in [0.3, 0.4) is 0 Å². The molecular formula is C13H26N2O2. The van der Waals surface area contributed by atoms with Crippen molar-refractivity contribution in [1.82, 2.24) is 9.80 Å². The second kappa shape index (κ2) is 6.97. The molecule has 2 unspecified atom stereocenters. The Labute approximate surface area is 105 Å². The van der Waals surface area contributed by atoms with Gasteiger partial charge in [0.05, 0.1) is 6.04 Å². The molecule has 0 spiro atoms. The molecule has 0 saturated carbocycles. The minimum atomic E-state index is -0.0516. The van der Waals surface area contributed by atoms with Gasteiger partial charge in [0.15, 0.2) is 0 Å². The van der Waals surface area contributed by atoms with Gasteiger partial charge in [-0.2, -0.15) is 0 Å². The molecule has 0 radical (unpaired) electrons. The van der Waals surface area contributed by atoms with Crippen LogP contribution in [0.4, 0.5) is 0 Å². The van der Waals surface area contributed by atoms with E-state index >= 15 is 0 Å². The van der Waals surface area contributed by atoms with Gasteiger partial charge in [-0.1, -0.05) is 0 Å². The SMILES string of the molecule is CCN(CC)C(=O)C(C)N1CCCC(CO)C1. The molecule has 0 aliphatic carbocycles. The average molecular weight is 242 g/mol. The minimum absolute atomic E-state index is 0.0516. The largest absolute Gasteiger partial charge is 0.396 e. The van der Waals surface area contributed by atoms with Crippen LogP contribution in [0.1, 0.15) is 33.6 Å². The number of hydrogen-bond acceptors (Lipinski definition) is 3. The minimum Gasteiger partial charge on any atom is -0.396 e. The van der Waals surface area contributed by atoms with Crippen LogP contribution in [0, 0.1) is 5.92 Å². The van der Waals surface area contributed by atoms with Crippen LogP contribution in [-0.2, 0) is 4.79 Å². The van der Waals surface area contributed by atoms with Gasteiger partial charge in [0.25, 0.3) is 0 Å². The summed E-state index contributed by atoms with van der Waals surface area (Å²) in [6.45, 7) is 9.63. The van der Waals surface area contributed by atoms with Crippen molar-refractivity contribution in [3.8, 4) is 0 Å².